The van der Waals surface area contributed by atoms with E-state index in [1.165, 1.54) is 0 Å². The lowest BCUT2D eigenvalue weighted by molar-refractivity contribution is -0.145. The molecule has 1 aromatic rings. The Hall–Kier alpha value is -1.93. The Morgan fingerprint density at radius 3 is 3.00 bits per heavy atom. The summed E-state index contributed by atoms with van der Waals surface area (Å²) >= 11 is 0. The minimum atomic E-state index is -0.489. The van der Waals surface area contributed by atoms with Gasteiger partial charge in [-0.3, -0.25) is 9.59 Å². The quantitative estimate of drug-likeness (QED) is 0.812. The maximum Gasteiger partial charge on any atom is 0.229 e. The summed E-state index contributed by atoms with van der Waals surface area (Å²) in [5, 5.41) is 0. The van der Waals surface area contributed by atoms with E-state index in [1.54, 1.807) is 4.90 Å². The molecule has 0 radical (unpaired) electrons. The van der Waals surface area contributed by atoms with Crippen molar-refractivity contribution in [2.75, 3.05) is 26.2 Å². The predicted molar refractivity (Wildman–Crippen MR) is 99.2 cm³/mol. The molecule has 0 aromatic carbocycles. The average molecular weight is 388 g/mol. The van der Waals surface area contributed by atoms with Crippen LogP contribution in [-0.2, 0) is 27.3 Å². The van der Waals surface area contributed by atoms with Crippen LogP contribution >= 0.6 is 0 Å². The molecule has 2 amide bonds. The molecule has 8 heteroatoms. The van der Waals surface area contributed by atoms with Gasteiger partial charge in [0.25, 0.3) is 0 Å². The highest BCUT2D eigenvalue weighted by molar-refractivity contribution is 5.92. The third-order valence-corrected chi connectivity index (χ3v) is 6.83. The number of ether oxygens (including phenoxy) is 1. The van der Waals surface area contributed by atoms with Crippen molar-refractivity contribution in [2.24, 2.45) is 17.6 Å². The number of carbonyl (C=O) groups is 2. The Kier molecular flexibility index (Phi) is 4.07. The first-order valence-electron chi connectivity index (χ1n) is 10.4. The fourth-order valence-corrected chi connectivity index (χ4v) is 5.53. The molecule has 0 unspecified atom stereocenters. The molecule has 3 saturated heterocycles. The van der Waals surface area contributed by atoms with Gasteiger partial charge in [0.15, 0.2) is 5.89 Å². The highest BCUT2D eigenvalue weighted by atomic mass is 16.5. The molecule has 5 heterocycles. The average Bonchev–Trinajstić information content (AvgIpc) is 3.40. The number of nitrogens with zero attached hydrogens (tertiary/aromatic N) is 3. The van der Waals surface area contributed by atoms with Crippen molar-refractivity contribution in [1.29, 1.82) is 0 Å². The number of carbonyl (C=O) groups excluding carboxylic acids is 2. The Morgan fingerprint density at radius 2 is 2.25 bits per heavy atom. The zero-order valence-corrected chi connectivity index (χ0v) is 16.5. The van der Waals surface area contributed by atoms with Crippen molar-refractivity contribution in [2.45, 2.75) is 57.3 Å². The second-order valence-corrected chi connectivity index (χ2v) is 8.90. The topological polar surface area (TPSA) is 102 Å². The van der Waals surface area contributed by atoms with Crippen LogP contribution in [0.1, 0.15) is 50.0 Å². The van der Waals surface area contributed by atoms with Gasteiger partial charge in [-0.2, -0.15) is 0 Å². The zero-order valence-electron chi connectivity index (χ0n) is 16.5. The lowest BCUT2D eigenvalue weighted by Crippen LogP contribution is -2.48. The second kappa shape index (κ2) is 6.29. The first-order valence-corrected chi connectivity index (χ1v) is 10.4. The summed E-state index contributed by atoms with van der Waals surface area (Å²) in [6, 6.07) is 0. The first kappa shape index (κ1) is 18.1. The lowest BCUT2D eigenvalue weighted by atomic mass is 9.72. The molecule has 5 rings (SSSR count). The van der Waals surface area contributed by atoms with Gasteiger partial charge in [-0.05, 0) is 12.8 Å². The Bertz CT molecular complexity index is 821. The van der Waals surface area contributed by atoms with Crippen LogP contribution in [-0.4, -0.2) is 64.5 Å². The molecule has 4 atom stereocenters. The molecule has 1 spiro atoms. The van der Waals surface area contributed by atoms with Gasteiger partial charge < -0.3 is 24.7 Å². The molecule has 0 saturated carbocycles. The van der Waals surface area contributed by atoms with E-state index in [9.17, 15) is 9.59 Å². The monoisotopic (exact) mass is 388 g/mol. The molecule has 3 fully saturated rings. The third kappa shape index (κ3) is 2.47. The van der Waals surface area contributed by atoms with Crippen LogP contribution in [0.2, 0.25) is 0 Å². The van der Waals surface area contributed by atoms with Crippen molar-refractivity contribution in [3.05, 3.63) is 17.3 Å². The number of likely N-dealkylation sites (tertiary alicyclic amines) is 1. The van der Waals surface area contributed by atoms with Gasteiger partial charge in [0.2, 0.25) is 11.8 Å². The molecule has 0 aliphatic carbocycles. The Balaban J connectivity index is 1.38. The predicted octanol–water partition coefficient (Wildman–Crippen LogP) is 0.647. The van der Waals surface area contributed by atoms with Gasteiger partial charge in [0.05, 0.1) is 36.6 Å². The number of rotatable bonds is 4. The van der Waals surface area contributed by atoms with E-state index in [1.807, 2.05) is 18.7 Å². The Labute approximate surface area is 164 Å². The largest absolute Gasteiger partial charge is 0.445 e. The first-order chi connectivity index (χ1) is 13.4. The Morgan fingerprint density at radius 1 is 1.43 bits per heavy atom. The minimum Gasteiger partial charge on any atom is -0.445 e. The van der Waals surface area contributed by atoms with Crippen LogP contribution in [0.25, 0.3) is 0 Å². The standard InChI is InChI=1S/C20H28N4O4/c1-11(2)17-22-12-9-23(7-4-13(12)27-17)18(25)15-14-3-5-20(28-14)10-24(8-6-21)19(26)16(15)20/h11,14-16H,3-10,21H2,1-2H3/t14-,15-,16+,20-/m0/s1. The fourth-order valence-electron chi connectivity index (χ4n) is 5.53. The number of hydrogen-bond donors (Lipinski definition) is 1. The third-order valence-electron chi connectivity index (χ3n) is 6.83. The van der Waals surface area contributed by atoms with E-state index in [4.69, 9.17) is 14.9 Å². The number of aromatic nitrogens is 1. The van der Waals surface area contributed by atoms with Crippen molar-refractivity contribution in [3.8, 4) is 0 Å². The van der Waals surface area contributed by atoms with E-state index < -0.39 is 5.60 Å². The lowest BCUT2D eigenvalue weighted by Gasteiger charge is -2.33. The molecule has 1 aromatic heterocycles. The van der Waals surface area contributed by atoms with Gasteiger partial charge >= 0.3 is 0 Å². The summed E-state index contributed by atoms with van der Waals surface area (Å²) < 4.78 is 12.1. The van der Waals surface area contributed by atoms with Crippen LogP contribution in [0.4, 0.5) is 0 Å². The minimum absolute atomic E-state index is 0.0271. The van der Waals surface area contributed by atoms with Gasteiger partial charge in [-0.15, -0.1) is 0 Å². The smallest absolute Gasteiger partial charge is 0.229 e. The molecule has 28 heavy (non-hydrogen) atoms. The fraction of sp³-hybridized carbons (Fsp3) is 0.750. The molecule has 2 N–H and O–H groups in total. The summed E-state index contributed by atoms with van der Waals surface area (Å²) in [5.41, 5.74) is 6.03. The van der Waals surface area contributed by atoms with Crippen LogP contribution in [0.5, 0.6) is 0 Å². The summed E-state index contributed by atoms with van der Waals surface area (Å²) in [4.78, 5) is 34.7. The summed E-state index contributed by atoms with van der Waals surface area (Å²) in [5.74, 6) is 1.14. The van der Waals surface area contributed by atoms with Crippen LogP contribution in [0, 0.1) is 11.8 Å². The SMILES string of the molecule is CC(C)c1nc2c(o1)CCN(C(=O)[C@H]1[C@@H]3CC[C@@]4(CN(CCN)C(=O)[C@@H]14)O3)C2. The van der Waals surface area contributed by atoms with Gasteiger partial charge in [-0.1, -0.05) is 13.8 Å². The van der Waals surface area contributed by atoms with Gasteiger partial charge in [0, 0.05) is 32.0 Å². The molecular formula is C20H28N4O4. The number of oxazole rings is 1. The van der Waals surface area contributed by atoms with Crippen molar-refractivity contribution in [1.82, 2.24) is 14.8 Å². The molecular weight excluding hydrogens is 360 g/mol. The van der Waals surface area contributed by atoms with Crippen LogP contribution in [0.3, 0.4) is 0 Å². The van der Waals surface area contributed by atoms with E-state index in [0.29, 0.717) is 39.1 Å². The molecule has 4 aliphatic heterocycles. The van der Waals surface area contributed by atoms with Gasteiger partial charge in [0.1, 0.15) is 11.5 Å². The molecule has 4 aliphatic rings. The van der Waals surface area contributed by atoms with E-state index in [-0.39, 0.29) is 35.7 Å². The number of hydrogen-bond acceptors (Lipinski definition) is 6. The second-order valence-electron chi connectivity index (χ2n) is 8.90. The normalized spacial score (nSPS) is 33.7. The van der Waals surface area contributed by atoms with E-state index in [0.717, 1.165) is 30.2 Å². The van der Waals surface area contributed by atoms with Crippen molar-refractivity contribution in [3.63, 3.8) is 0 Å². The maximum atomic E-state index is 13.5. The maximum absolute atomic E-state index is 13.5. The van der Waals surface area contributed by atoms with E-state index >= 15 is 0 Å². The van der Waals surface area contributed by atoms with Crippen molar-refractivity contribution >= 4 is 11.8 Å². The number of fused-ring (bicyclic) bond motifs is 2. The van der Waals surface area contributed by atoms with Crippen molar-refractivity contribution < 1.29 is 18.7 Å². The highest BCUT2D eigenvalue weighted by Gasteiger charge is 2.69. The molecule has 8 nitrogen and oxygen atoms in total. The number of amides is 2. The zero-order chi connectivity index (χ0) is 19.6. The van der Waals surface area contributed by atoms with E-state index in [2.05, 4.69) is 4.98 Å². The summed E-state index contributed by atoms with van der Waals surface area (Å²) in [6.07, 6.45) is 2.22. The highest BCUT2D eigenvalue weighted by Crippen LogP contribution is 2.55. The van der Waals surface area contributed by atoms with Crippen LogP contribution in [0.15, 0.2) is 4.42 Å². The molecule has 152 valence electrons. The summed E-state index contributed by atoms with van der Waals surface area (Å²) in [6.45, 7) is 6.66. The van der Waals surface area contributed by atoms with Crippen LogP contribution < -0.4 is 5.73 Å². The number of nitrogens with two attached hydrogens (primary N) is 1. The summed E-state index contributed by atoms with van der Waals surface area (Å²) in [7, 11) is 0. The molecule has 2 bridgehead atoms. The van der Waals surface area contributed by atoms with Gasteiger partial charge in [-0.25, -0.2) is 4.98 Å².